The highest BCUT2D eigenvalue weighted by molar-refractivity contribution is 7.80. The van der Waals surface area contributed by atoms with E-state index in [2.05, 4.69) is 44.5 Å². The molecule has 0 aromatic carbocycles. The van der Waals surface area contributed by atoms with Gasteiger partial charge in [-0.15, -0.1) is 0 Å². The van der Waals surface area contributed by atoms with E-state index in [-0.39, 0.29) is 0 Å². The van der Waals surface area contributed by atoms with Crippen LogP contribution in [0.15, 0.2) is 0 Å². The van der Waals surface area contributed by atoms with Gasteiger partial charge in [-0.2, -0.15) is 17.9 Å². The predicted octanol–water partition coefficient (Wildman–Crippen LogP) is 2.18. The first-order chi connectivity index (χ1) is 6.15. The Bertz CT molecular complexity index is 161. The molecule has 13 heavy (non-hydrogen) atoms. The van der Waals surface area contributed by atoms with Crippen LogP contribution in [0.3, 0.4) is 0 Å². The summed E-state index contributed by atoms with van der Waals surface area (Å²) in [6.07, 6.45) is 1.77. The molecule has 0 saturated heterocycles. The van der Waals surface area contributed by atoms with Crippen LogP contribution in [0.25, 0.3) is 0 Å². The van der Waals surface area contributed by atoms with E-state index in [0.717, 1.165) is 18.7 Å². The molecule has 2 unspecified atom stereocenters. The molecule has 0 rings (SSSR count). The molecule has 0 aliphatic rings. The van der Waals surface area contributed by atoms with Gasteiger partial charge in [0.25, 0.3) is 0 Å². The summed E-state index contributed by atoms with van der Waals surface area (Å²) in [5.41, 5.74) is 0. The van der Waals surface area contributed by atoms with E-state index in [1.54, 1.807) is 0 Å². The first kappa shape index (κ1) is 12.8. The summed E-state index contributed by atoms with van der Waals surface area (Å²) >= 11 is 4.30. The molecule has 0 bridgehead atoms. The second-order valence-electron chi connectivity index (χ2n) is 3.61. The van der Waals surface area contributed by atoms with Crippen molar-refractivity contribution in [3.05, 3.63) is 0 Å². The molecule has 0 N–H and O–H groups in total. The fourth-order valence-corrected chi connectivity index (χ4v) is 1.56. The lowest BCUT2D eigenvalue weighted by atomic mass is 10.1. The molecule has 76 valence electrons. The topological polar surface area (TPSA) is 27.0 Å². The molecule has 0 amide bonds. The Balaban J connectivity index is 3.83. The zero-order valence-corrected chi connectivity index (χ0v) is 9.72. The molecule has 0 aromatic heterocycles. The third-order valence-corrected chi connectivity index (χ3v) is 3.04. The van der Waals surface area contributed by atoms with Gasteiger partial charge in [0.05, 0.1) is 12.5 Å². The Kier molecular flexibility index (Phi) is 7.12. The van der Waals surface area contributed by atoms with Gasteiger partial charge in [0.15, 0.2) is 0 Å². The molecule has 0 radical (unpaired) electrons. The average molecular weight is 200 g/mol. The van der Waals surface area contributed by atoms with Crippen LogP contribution in [0, 0.1) is 17.2 Å². The lowest BCUT2D eigenvalue weighted by molar-refractivity contribution is 0.226. The van der Waals surface area contributed by atoms with Crippen LogP contribution in [-0.4, -0.2) is 30.3 Å². The van der Waals surface area contributed by atoms with E-state index in [1.807, 2.05) is 0 Å². The van der Waals surface area contributed by atoms with Crippen molar-refractivity contribution in [2.24, 2.45) is 5.92 Å². The van der Waals surface area contributed by atoms with E-state index < -0.39 is 0 Å². The standard InChI is InChI=1S/C10H20N2S/c1-4-10(8-13)7-12(3)9(2)5-6-11/h9-10,13H,4-5,7-8H2,1-3H3. The van der Waals surface area contributed by atoms with Crippen molar-refractivity contribution in [2.45, 2.75) is 32.7 Å². The smallest absolute Gasteiger partial charge is 0.0638 e. The van der Waals surface area contributed by atoms with E-state index >= 15 is 0 Å². The Morgan fingerprint density at radius 3 is 2.54 bits per heavy atom. The van der Waals surface area contributed by atoms with Crippen molar-refractivity contribution in [3.63, 3.8) is 0 Å². The van der Waals surface area contributed by atoms with E-state index in [1.165, 1.54) is 0 Å². The average Bonchev–Trinajstić information content (AvgIpc) is 2.14. The normalized spacial score (nSPS) is 15.4. The zero-order valence-electron chi connectivity index (χ0n) is 8.82. The maximum atomic E-state index is 8.54. The van der Waals surface area contributed by atoms with Gasteiger partial charge in [0, 0.05) is 12.6 Å². The van der Waals surface area contributed by atoms with Gasteiger partial charge in [-0.25, -0.2) is 0 Å². The summed E-state index contributed by atoms with van der Waals surface area (Å²) in [4.78, 5) is 2.24. The number of nitrogens with zero attached hydrogens (tertiary/aromatic N) is 2. The molecule has 0 aliphatic heterocycles. The largest absolute Gasteiger partial charge is 0.302 e. The van der Waals surface area contributed by atoms with Gasteiger partial charge in [-0.3, -0.25) is 0 Å². The van der Waals surface area contributed by atoms with Gasteiger partial charge in [0.1, 0.15) is 0 Å². The van der Waals surface area contributed by atoms with Gasteiger partial charge in [-0.05, 0) is 25.6 Å². The molecule has 0 aromatic rings. The Morgan fingerprint density at radius 2 is 2.15 bits per heavy atom. The van der Waals surface area contributed by atoms with Crippen molar-refractivity contribution >= 4 is 12.6 Å². The van der Waals surface area contributed by atoms with Crippen LogP contribution in [0.5, 0.6) is 0 Å². The fraction of sp³-hybridized carbons (Fsp3) is 0.900. The van der Waals surface area contributed by atoms with Crippen LogP contribution >= 0.6 is 12.6 Å². The monoisotopic (exact) mass is 200 g/mol. The van der Waals surface area contributed by atoms with Crippen LogP contribution in [0.2, 0.25) is 0 Å². The number of rotatable bonds is 6. The van der Waals surface area contributed by atoms with E-state index in [9.17, 15) is 0 Å². The van der Waals surface area contributed by atoms with Crippen molar-refractivity contribution in [2.75, 3.05) is 19.3 Å². The minimum absolute atomic E-state index is 0.360. The Morgan fingerprint density at radius 1 is 1.54 bits per heavy atom. The quantitative estimate of drug-likeness (QED) is 0.665. The molecule has 2 nitrogen and oxygen atoms in total. The molecule has 3 heteroatoms. The number of hydrogen-bond acceptors (Lipinski definition) is 3. The maximum absolute atomic E-state index is 8.54. The summed E-state index contributed by atoms with van der Waals surface area (Å²) in [7, 11) is 2.08. The van der Waals surface area contributed by atoms with Gasteiger partial charge in [0.2, 0.25) is 0 Å². The summed E-state index contributed by atoms with van der Waals surface area (Å²) in [6.45, 7) is 5.32. The van der Waals surface area contributed by atoms with Crippen molar-refractivity contribution < 1.29 is 0 Å². The lowest BCUT2D eigenvalue weighted by Gasteiger charge is -2.26. The van der Waals surface area contributed by atoms with E-state index in [4.69, 9.17) is 5.26 Å². The summed E-state index contributed by atoms with van der Waals surface area (Å²) < 4.78 is 0. The van der Waals surface area contributed by atoms with Crippen molar-refractivity contribution in [3.8, 4) is 6.07 Å². The number of hydrogen-bond donors (Lipinski definition) is 1. The highest BCUT2D eigenvalue weighted by Gasteiger charge is 2.12. The van der Waals surface area contributed by atoms with Crippen LogP contribution in [-0.2, 0) is 0 Å². The summed E-state index contributed by atoms with van der Waals surface area (Å²) in [5.74, 6) is 1.58. The molecule has 2 atom stereocenters. The van der Waals surface area contributed by atoms with E-state index in [0.29, 0.717) is 18.4 Å². The highest BCUT2D eigenvalue weighted by Crippen LogP contribution is 2.09. The summed E-state index contributed by atoms with van der Waals surface area (Å²) in [5, 5.41) is 8.54. The maximum Gasteiger partial charge on any atom is 0.0638 e. The Hall–Kier alpha value is -0.200. The zero-order chi connectivity index (χ0) is 10.3. The summed E-state index contributed by atoms with van der Waals surface area (Å²) in [6, 6.07) is 2.56. The van der Waals surface area contributed by atoms with Gasteiger partial charge >= 0.3 is 0 Å². The van der Waals surface area contributed by atoms with Crippen molar-refractivity contribution in [1.82, 2.24) is 4.90 Å². The lowest BCUT2D eigenvalue weighted by Crippen LogP contribution is -2.33. The molecule has 0 heterocycles. The number of nitriles is 1. The third kappa shape index (κ3) is 5.17. The molecule has 0 saturated carbocycles. The van der Waals surface area contributed by atoms with Gasteiger partial charge < -0.3 is 4.90 Å². The SMILES string of the molecule is CCC(CS)CN(C)C(C)CC#N. The second kappa shape index (κ2) is 7.23. The first-order valence-corrected chi connectivity index (χ1v) is 5.46. The molecule has 0 spiro atoms. The van der Waals surface area contributed by atoms with Gasteiger partial charge in [-0.1, -0.05) is 13.3 Å². The van der Waals surface area contributed by atoms with Crippen LogP contribution in [0.4, 0.5) is 0 Å². The number of thiol groups is 1. The predicted molar refractivity (Wildman–Crippen MR) is 60.0 cm³/mol. The third-order valence-electron chi connectivity index (χ3n) is 2.52. The highest BCUT2D eigenvalue weighted by atomic mass is 32.1. The Labute approximate surface area is 87.3 Å². The van der Waals surface area contributed by atoms with Crippen LogP contribution in [0.1, 0.15) is 26.7 Å². The van der Waals surface area contributed by atoms with Crippen LogP contribution < -0.4 is 0 Å². The second-order valence-corrected chi connectivity index (χ2v) is 3.97. The molecule has 0 aliphatic carbocycles. The molecule has 0 fully saturated rings. The minimum Gasteiger partial charge on any atom is -0.302 e. The van der Waals surface area contributed by atoms with Crippen molar-refractivity contribution in [1.29, 1.82) is 5.26 Å². The first-order valence-electron chi connectivity index (χ1n) is 4.83. The molecular weight excluding hydrogens is 180 g/mol. The molecular formula is C10H20N2S. The minimum atomic E-state index is 0.360. The fourth-order valence-electron chi connectivity index (χ4n) is 1.19.